The van der Waals surface area contributed by atoms with Crippen molar-refractivity contribution in [3.63, 3.8) is 0 Å². The summed E-state index contributed by atoms with van der Waals surface area (Å²) >= 11 is 0. The molecule has 0 radical (unpaired) electrons. The average Bonchev–Trinajstić information content (AvgIpc) is 2.54. The van der Waals surface area contributed by atoms with Crippen LogP contribution in [0.15, 0.2) is 48.1 Å². The highest BCUT2D eigenvalue weighted by atomic mass is 14.1. The van der Waals surface area contributed by atoms with Crippen LogP contribution < -0.4 is 0 Å². The molecule has 0 amide bonds. The maximum atomic E-state index is 2.21. The molecule has 0 heterocycles. The van der Waals surface area contributed by atoms with Gasteiger partial charge >= 0.3 is 0 Å². The van der Waals surface area contributed by atoms with Gasteiger partial charge in [-0.3, -0.25) is 0 Å². The molecule has 0 unspecified atom stereocenters. The SMILES string of the molecule is CC1=CC=C(c2ccccc2)C1. The molecule has 12 heavy (non-hydrogen) atoms. The second kappa shape index (κ2) is 2.98. The van der Waals surface area contributed by atoms with Crippen LogP contribution >= 0.6 is 0 Å². The number of benzene rings is 1. The number of rotatable bonds is 1. The summed E-state index contributed by atoms with van der Waals surface area (Å²) in [4.78, 5) is 0. The minimum Gasteiger partial charge on any atom is -0.0689 e. The predicted octanol–water partition coefficient (Wildman–Crippen LogP) is 3.42. The van der Waals surface area contributed by atoms with Gasteiger partial charge in [-0.1, -0.05) is 48.1 Å². The van der Waals surface area contributed by atoms with Crippen molar-refractivity contribution >= 4 is 5.57 Å². The summed E-state index contributed by atoms with van der Waals surface area (Å²) < 4.78 is 0. The summed E-state index contributed by atoms with van der Waals surface area (Å²) in [6.07, 6.45) is 5.52. The lowest BCUT2D eigenvalue weighted by Crippen LogP contribution is -1.80. The van der Waals surface area contributed by atoms with E-state index < -0.39 is 0 Å². The van der Waals surface area contributed by atoms with Crippen molar-refractivity contribution in [2.24, 2.45) is 0 Å². The van der Waals surface area contributed by atoms with E-state index in [0.717, 1.165) is 6.42 Å². The summed E-state index contributed by atoms with van der Waals surface area (Å²) in [5.74, 6) is 0. The lowest BCUT2D eigenvalue weighted by Gasteiger charge is -2.01. The van der Waals surface area contributed by atoms with Crippen molar-refractivity contribution in [3.05, 3.63) is 53.6 Å². The van der Waals surface area contributed by atoms with Gasteiger partial charge in [-0.15, -0.1) is 0 Å². The number of allylic oxidation sites excluding steroid dienone is 4. The summed E-state index contributed by atoms with van der Waals surface area (Å²) in [6, 6.07) is 10.6. The molecule has 0 spiro atoms. The van der Waals surface area contributed by atoms with Crippen LogP contribution in [0.2, 0.25) is 0 Å². The molecule has 2 rings (SSSR count). The number of hydrogen-bond acceptors (Lipinski definition) is 0. The van der Waals surface area contributed by atoms with Crippen molar-refractivity contribution in [2.45, 2.75) is 13.3 Å². The zero-order valence-electron chi connectivity index (χ0n) is 7.25. The molecule has 1 aromatic rings. The van der Waals surface area contributed by atoms with Gasteiger partial charge in [-0.05, 0) is 24.5 Å². The van der Waals surface area contributed by atoms with Crippen LogP contribution in [0.1, 0.15) is 18.9 Å². The van der Waals surface area contributed by atoms with Crippen molar-refractivity contribution in [2.75, 3.05) is 0 Å². The van der Waals surface area contributed by atoms with E-state index >= 15 is 0 Å². The molecule has 0 saturated carbocycles. The molecule has 0 aromatic heterocycles. The predicted molar refractivity (Wildman–Crippen MR) is 52.8 cm³/mol. The van der Waals surface area contributed by atoms with Crippen LogP contribution in [-0.2, 0) is 0 Å². The maximum absolute atomic E-state index is 2.21. The normalized spacial score (nSPS) is 15.8. The van der Waals surface area contributed by atoms with Crippen LogP contribution in [0.4, 0.5) is 0 Å². The van der Waals surface area contributed by atoms with E-state index in [0.29, 0.717) is 0 Å². The Balaban J connectivity index is 2.25. The molecule has 0 atom stereocenters. The largest absolute Gasteiger partial charge is 0.0689 e. The van der Waals surface area contributed by atoms with Crippen molar-refractivity contribution in [1.29, 1.82) is 0 Å². The lowest BCUT2D eigenvalue weighted by molar-refractivity contribution is 1.26. The highest BCUT2D eigenvalue weighted by Gasteiger charge is 2.05. The van der Waals surface area contributed by atoms with Crippen LogP contribution in [-0.4, -0.2) is 0 Å². The van der Waals surface area contributed by atoms with Crippen LogP contribution in [0.5, 0.6) is 0 Å². The van der Waals surface area contributed by atoms with E-state index in [9.17, 15) is 0 Å². The van der Waals surface area contributed by atoms with Crippen molar-refractivity contribution in [3.8, 4) is 0 Å². The third-order valence-electron chi connectivity index (χ3n) is 2.18. The first kappa shape index (κ1) is 7.35. The molecule has 0 aliphatic heterocycles. The Hall–Kier alpha value is -1.30. The topological polar surface area (TPSA) is 0 Å². The molecule has 0 saturated heterocycles. The Kier molecular flexibility index (Phi) is 1.83. The molecule has 0 nitrogen and oxygen atoms in total. The molecular formula is C12H12. The van der Waals surface area contributed by atoms with Crippen LogP contribution in [0.3, 0.4) is 0 Å². The Labute approximate surface area is 73.2 Å². The van der Waals surface area contributed by atoms with E-state index in [2.05, 4.69) is 49.4 Å². The Morgan fingerprint density at radius 3 is 2.33 bits per heavy atom. The fourth-order valence-corrected chi connectivity index (χ4v) is 1.51. The molecule has 0 heteroatoms. The van der Waals surface area contributed by atoms with Gasteiger partial charge < -0.3 is 0 Å². The molecule has 0 N–H and O–H groups in total. The lowest BCUT2D eigenvalue weighted by atomic mass is 10.0. The second-order valence-electron chi connectivity index (χ2n) is 3.25. The van der Waals surface area contributed by atoms with Gasteiger partial charge in [0.2, 0.25) is 0 Å². The molecule has 60 valence electrons. The monoisotopic (exact) mass is 156 g/mol. The summed E-state index contributed by atoms with van der Waals surface area (Å²) in [7, 11) is 0. The first-order valence-electron chi connectivity index (χ1n) is 4.28. The second-order valence-corrected chi connectivity index (χ2v) is 3.25. The zero-order chi connectivity index (χ0) is 8.39. The molecule has 1 aromatic carbocycles. The Bertz CT molecular complexity index is 328. The van der Waals surface area contributed by atoms with E-state index in [4.69, 9.17) is 0 Å². The Morgan fingerprint density at radius 2 is 1.75 bits per heavy atom. The maximum Gasteiger partial charge on any atom is -0.00608 e. The first-order chi connectivity index (χ1) is 5.86. The minimum atomic E-state index is 1.12. The van der Waals surface area contributed by atoms with E-state index in [1.54, 1.807) is 0 Å². The van der Waals surface area contributed by atoms with E-state index in [1.807, 2.05) is 0 Å². The minimum absolute atomic E-state index is 1.12. The fraction of sp³-hybridized carbons (Fsp3) is 0.167. The van der Waals surface area contributed by atoms with E-state index in [-0.39, 0.29) is 0 Å². The van der Waals surface area contributed by atoms with Gasteiger partial charge in [0, 0.05) is 0 Å². The first-order valence-corrected chi connectivity index (χ1v) is 4.28. The van der Waals surface area contributed by atoms with Crippen LogP contribution in [0.25, 0.3) is 5.57 Å². The summed E-state index contributed by atoms with van der Waals surface area (Å²) in [5, 5.41) is 0. The summed E-state index contributed by atoms with van der Waals surface area (Å²) in [6.45, 7) is 2.17. The zero-order valence-corrected chi connectivity index (χ0v) is 7.25. The molecule has 1 aliphatic carbocycles. The van der Waals surface area contributed by atoms with E-state index in [1.165, 1.54) is 16.7 Å². The molecular weight excluding hydrogens is 144 g/mol. The van der Waals surface area contributed by atoms with Gasteiger partial charge in [0.1, 0.15) is 0 Å². The highest BCUT2D eigenvalue weighted by Crippen LogP contribution is 2.26. The smallest absolute Gasteiger partial charge is 0.00608 e. The quantitative estimate of drug-likeness (QED) is 0.584. The number of hydrogen-bond donors (Lipinski definition) is 0. The van der Waals surface area contributed by atoms with Gasteiger partial charge in [-0.2, -0.15) is 0 Å². The molecule has 0 fully saturated rings. The highest BCUT2D eigenvalue weighted by molar-refractivity contribution is 5.71. The Morgan fingerprint density at radius 1 is 1.00 bits per heavy atom. The summed E-state index contributed by atoms with van der Waals surface area (Å²) in [5.41, 5.74) is 4.24. The standard InChI is InChI=1S/C12H12/c1-10-7-8-12(9-10)11-5-3-2-4-6-11/h2-8H,9H2,1H3. The third kappa shape index (κ3) is 1.33. The van der Waals surface area contributed by atoms with Gasteiger partial charge in [-0.25, -0.2) is 0 Å². The van der Waals surface area contributed by atoms with Crippen molar-refractivity contribution < 1.29 is 0 Å². The van der Waals surface area contributed by atoms with Gasteiger partial charge in [0.05, 0.1) is 0 Å². The average molecular weight is 156 g/mol. The fourth-order valence-electron chi connectivity index (χ4n) is 1.51. The molecule has 0 bridgehead atoms. The third-order valence-corrected chi connectivity index (χ3v) is 2.18. The van der Waals surface area contributed by atoms with Gasteiger partial charge in [0.25, 0.3) is 0 Å². The molecule has 1 aliphatic rings. The van der Waals surface area contributed by atoms with Crippen LogP contribution in [0, 0.1) is 0 Å². The van der Waals surface area contributed by atoms with Gasteiger partial charge in [0.15, 0.2) is 0 Å². The van der Waals surface area contributed by atoms with Crippen molar-refractivity contribution in [1.82, 2.24) is 0 Å².